The Morgan fingerprint density at radius 2 is 2.04 bits per heavy atom. The van der Waals surface area contributed by atoms with Gasteiger partial charge in [-0.1, -0.05) is 25.1 Å². The van der Waals surface area contributed by atoms with Crippen LogP contribution in [0.3, 0.4) is 0 Å². The van der Waals surface area contributed by atoms with Crippen molar-refractivity contribution in [1.82, 2.24) is 5.32 Å². The molecule has 1 saturated heterocycles. The molecule has 2 fully saturated rings. The Morgan fingerprint density at radius 1 is 1.33 bits per heavy atom. The van der Waals surface area contributed by atoms with Crippen LogP contribution in [0.25, 0.3) is 0 Å². The van der Waals surface area contributed by atoms with Crippen molar-refractivity contribution in [3.8, 4) is 0 Å². The lowest BCUT2D eigenvalue weighted by Gasteiger charge is -2.20. The Morgan fingerprint density at radius 3 is 2.67 bits per heavy atom. The molecule has 3 rings (SSSR count). The summed E-state index contributed by atoms with van der Waals surface area (Å²) in [6.45, 7) is 2.53. The molecule has 1 heterocycles. The molecule has 6 heteroatoms. The molecule has 2 aliphatic rings. The number of carbonyl (C=O) groups is 3. The zero-order valence-corrected chi connectivity index (χ0v) is 13.7. The molecule has 0 aromatic heterocycles. The molecule has 1 aliphatic carbocycles. The second-order valence-corrected chi connectivity index (χ2v) is 6.69. The van der Waals surface area contributed by atoms with E-state index in [2.05, 4.69) is 5.32 Å². The van der Waals surface area contributed by atoms with Gasteiger partial charge in [0.05, 0.1) is 11.3 Å². The van der Waals surface area contributed by atoms with E-state index in [1.807, 2.05) is 31.2 Å². The number of aryl methyl sites for hydroxylation is 1. The summed E-state index contributed by atoms with van der Waals surface area (Å²) >= 11 is 0. The van der Waals surface area contributed by atoms with Crippen molar-refractivity contribution < 1.29 is 19.5 Å². The second-order valence-electron chi connectivity index (χ2n) is 6.69. The number of benzene rings is 1. The average molecular weight is 330 g/mol. The fourth-order valence-corrected chi connectivity index (χ4v) is 3.21. The fourth-order valence-electron chi connectivity index (χ4n) is 3.21. The van der Waals surface area contributed by atoms with Crippen LogP contribution in [0.2, 0.25) is 0 Å². The smallest absolute Gasteiger partial charge is 0.311 e. The van der Waals surface area contributed by atoms with Gasteiger partial charge in [-0.3, -0.25) is 14.4 Å². The predicted molar refractivity (Wildman–Crippen MR) is 88.6 cm³/mol. The molecule has 1 aromatic carbocycles. The number of carboxylic acids is 1. The Balaban J connectivity index is 1.64. The minimum absolute atomic E-state index is 0.0598. The summed E-state index contributed by atoms with van der Waals surface area (Å²) in [6.07, 6.45) is 2.19. The van der Waals surface area contributed by atoms with Crippen molar-refractivity contribution >= 4 is 23.5 Å². The first-order valence-electron chi connectivity index (χ1n) is 8.36. The minimum Gasteiger partial charge on any atom is -0.481 e. The molecule has 1 atom stereocenters. The van der Waals surface area contributed by atoms with E-state index in [-0.39, 0.29) is 24.8 Å². The molecule has 128 valence electrons. The number of carbonyl (C=O) groups excluding carboxylic acids is 2. The molecule has 0 bridgehead atoms. The quantitative estimate of drug-likeness (QED) is 0.829. The Bertz CT molecular complexity index is 681. The van der Waals surface area contributed by atoms with Crippen LogP contribution in [-0.4, -0.2) is 36.0 Å². The van der Waals surface area contributed by atoms with Gasteiger partial charge in [-0.05, 0) is 30.9 Å². The van der Waals surface area contributed by atoms with Crippen molar-refractivity contribution in [2.24, 2.45) is 11.3 Å². The van der Waals surface area contributed by atoms with Gasteiger partial charge in [0.2, 0.25) is 11.8 Å². The molecule has 0 radical (unpaired) electrons. The van der Waals surface area contributed by atoms with Crippen molar-refractivity contribution in [3.63, 3.8) is 0 Å². The van der Waals surface area contributed by atoms with E-state index >= 15 is 0 Å². The molecule has 2 amide bonds. The van der Waals surface area contributed by atoms with Gasteiger partial charge in [0.15, 0.2) is 0 Å². The van der Waals surface area contributed by atoms with E-state index in [1.165, 1.54) is 0 Å². The Labute approximate surface area is 140 Å². The van der Waals surface area contributed by atoms with Gasteiger partial charge in [-0.25, -0.2) is 0 Å². The first-order chi connectivity index (χ1) is 11.5. The first-order valence-corrected chi connectivity index (χ1v) is 8.36. The highest BCUT2D eigenvalue weighted by Crippen LogP contribution is 2.45. The summed E-state index contributed by atoms with van der Waals surface area (Å²) in [5, 5.41) is 11.9. The fraction of sp³-hybridized carbons (Fsp3) is 0.500. The van der Waals surface area contributed by atoms with Gasteiger partial charge in [0, 0.05) is 25.2 Å². The third kappa shape index (κ3) is 3.00. The highest BCUT2D eigenvalue weighted by atomic mass is 16.4. The molecule has 2 N–H and O–H groups in total. The van der Waals surface area contributed by atoms with Crippen LogP contribution in [0.1, 0.15) is 31.7 Å². The molecule has 1 aromatic rings. The second kappa shape index (κ2) is 6.26. The van der Waals surface area contributed by atoms with E-state index in [9.17, 15) is 14.4 Å². The van der Waals surface area contributed by atoms with Gasteiger partial charge in [-0.15, -0.1) is 0 Å². The minimum atomic E-state index is -0.858. The third-order valence-electron chi connectivity index (χ3n) is 5.07. The maximum Gasteiger partial charge on any atom is 0.311 e. The Hall–Kier alpha value is -2.37. The topological polar surface area (TPSA) is 86.7 Å². The van der Waals surface area contributed by atoms with Crippen molar-refractivity contribution in [3.05, 3.63) is 29.8 Å². The van der Waals surface area contributed by atoms with E-state index in [1.54, 1.807) is 4.90 Å². The van der Waals surface area contributed by atoms with Gasteiger partial charge >= 0.3 is 5.97 Å². The maximum absolute atomic E-state index is 12.3. The summed E-state index contributed by atoms with van der Waals surface area (Å²) in [5.74, 6) is -1.57. The number of rotatable bonds is 6. The lowest BCUT2D eigenvalue weighted by molar-refractivity contribution is -0.143. The van der Waals surface area contributed by atoms with Crippen LogP contribution in [0.5, 0.6) is 0 Å². The monoisotopic (exact) mass is 330 g/mol. The molecule has 24 heavy (non-hydrogen) atoms. The van der Waals surface area contributed by atoms with Crippen molar-refractivity contribution in [2.45, 2.75) is 32.6 Å². The number of nitrogens with one attached hydrogen (secondary N) is 1. The molecule has 6 nitrogen and oxygen atoms in total. The molecular weight excluding hydrogens is 308 g/mol. The van der Waals surface area contributed by atoms with Crippen LogP contribution in [0.15, 0.2) is 24.3 Å². The number of anilines is 1. The molecular formula is C18H22N2O4. The number of hydrogen-bond donors (Lipinski definition) is 2. The lowest BCUT2D eigenvalue weighted by Crippen LogP contribution is -2.38. The Kier molecular flexibility index (Phi) is 4.30. The van der Waals surface area contributed by atoms with Crippen molar-refractivity contribution in [1.29, 1.82) is 0 Å². The number of amides is 2. The first kappa shape index (κ1) is 16.5. The standard InChI is InChI=1S/C18H22N2O4/c1-2-12-5-3-4-6-14(12)20-10-13(9-15(20)21)16(22)19-11-18(7-8-18)17(23)24/h3-6,13H,2,7-11H2,1H3,(H,19,22)(H,23,24). The van der Waals surface area contributed by atoms with Crippen LogP contribution in [0.4, 0.5) is 5.69 Å². The highest BCUT2D eigenvalue weighted by Gasteiger charge is 2.50. The van der Waals surface area contributed by atoms with Gasteiger partial charge < -0.3 is 15.3 Å². The van der Waals surface area contributed by atoms with Gasteiger partial charge in [-0.2, -0.15) is 0 Å². The van der Waals surface area contributed by atoms with Gasteiger partial charge in [0.1, 0.15) is 0 Å². The van der Waals surface area contributed by atoms with Crippen LogP contribution in [0, 0.1) is 11.3 Å². The summed E-state index contributed by atoms with van der Waals surface area (Å²) in [7, 11) is 0. The number of carboxylic acid groups (broad SMARTS) is 1. The van der Waals surface area contributed by atoms with Gasteiger partial charge in [0.25, 0.3) is 0 Å². The van der Waals surface area contributed by atoms with E-state index in [4.69, 9.17) is 5.11 Å². The summed E-state index contributed by atoms with van der Waals surface area (Å²) in [4.78, 5) is 37.5. The molecule has 1 aliphatic heterocycles. The number of hydrogen-bond acceptors (Lipinski definition) is 3. The molecule has 1 saturated carbocycles. The van der Waals surface area contributed by atoms with E-state index in [0.717, 1.165) is 17.7 Å². The van der Waals surface area contributed by atoms with E-state index < -0.39 is 17.3 Å². The summed E-state index contributed by atoms with van der Waals surface area (Å²) < 4.78 is 0. The molecule has 1 unspecified atom stereocenters. The zero-order valence-electron chi connectivity index (χ0n) is 13.7. The number of aliphatic carboxylic acids is 1. The predicted octanol–water partition coefficient (Wildman–Crippen LogP) is 1.58. The average Bonchev–Trinajstić information content (AvgIpc) is 3.28. The number of para-hydroxylation sites is 1. The van der Waals surface area contributed by atoms with E-state index in [0.29, 0.717) is 19.4 Å². The number of nitrogens with zero attached hydrogens (tertiary/aromatic N) is 1. The normalized spacial score (nSPS) is 21.6. The lowest BCUT2D eigenvalue weighted by atomic mass is 10.1. The third-order valence-corrected chi connectivity index (χ3v) is 5.07. The summed E-state index contributed by atoms with van der Waals surface area (Å²) in [5.41, 5.74) is 1.16. The van der Waals surface area contributed by atoms with Crippen LogP contribution in [-0.2, 0) is 20.8 Å². The maximum atomic E-state index is 12.3. The summed E-state index contributed by atoms with van der Waals surface area (Å²) in [6, 6.07) is 7.72. The van der Waals surface area contributed by atoms with Crippen LogP contribution < -0.4 is 10.2 Å². The molecule has 0 spiro atoms. The highest BCUT2D eigenvalue weighted by molar-refractivity contribution is 6.00. The van der Waals surface area contributed by atoms with Crippen molar-refractivity contribution in [2.75, 3.05) is 18.0 Å². The SMILES string of the molecule is CCc1ccccc1N1CC(C(=O)NCC2(C(=O)O)CC2)CC1=O. The van der Waals surface area contributed by atoms with Crippen LogP contribution >= 0.6 is 0 Å². The zero-order chi connectivity index (χ0) is 17.3. The largest absolute Gasteiger partial charge is 0.481 e.